The van der Waals surface area contributed by atoms with E-state index in [0.29, 0.717) is 60.3 Å². The number of methoxy groups -OCH3 is 1. The topological polar surface area (TPSA) is 129 Å². The summed E-state index contributed by atoms with van der Waals surface area (Å²) in [4.78, 5) is 24.5. The van der Waals surface area contributed by atoms with Crippen LogP contribution in [0.1, 0.15) is 42.1 Å². The number of aliphatic hydroxyl groups excluding tert-OH is 1. The van der Waals surface area contributed by atoms with Gasteiger partial charge >= 0.3 is 0 Å². The smallest absolute Gasteiger partial charge is 0.255 e. The fraction of sp³-hybridized carbons (Fsp3) is 0.355. The molecule has 0 spiro atoms. The van der Waals surface area contributed by atoms with Crippen LogP contribution >= 0.6 is 0 Å². The van der Waals surface area contributed by atoms with Crippen LogP contribution < -0.4 is 9.47 Å². The van der Waals surface area contributed by atoms with Gasteiger partial charge in [0.2, 0.25) is 5.90 Å². The van der Waals surface area contributed by atoms with Crippen molar-refractivity contribution >= 4 is 17.5 Å². The molecule has 2 heterocycles. The van der Waals surface area contributed by atoms with E-state index in [-0.39, 0.29) is 18.9 Å². The van der Waals surface area contributed by atoms with E-state index in [1.165, 1.54) is 0 Å². The van der Waals surface area contributed by atoms with Crippen LogP contribution in [0.25, 0.3) is 10.4 Å². The van der Waals surface area contributed by atoms with Gasteiger partial charge in [-0.1, -0.05) is 41.5 Å². The van der Waals surface area contributed by atoms with Gasteiger partial charge in [-0.15, -0.1) is 0 Å². The Labute approximate surface area is 238 Å². The second-order valence-electron chi connectivity index (χ2n) is 10.1. The third-order valence-corrected chi connectivity index (χ3v) is 7.40. The Kier molecular flexibility index (Phi) is 8.72. The van der Waals surface area contributed by atoms with Crippen LogP contribution in [0, 0.1) is 0 Å². The van der Waals surface area contributed by atoms with Crippen molar-refractivity contribution in [2.24, 2.45) is 10.1 Å². The highest BCUT2D eigenvalue weighted by Crippen LogP contribution is 2.45. The van der Waals surface area contributed by atoms with Crippen molar-refractivity contribution in [1.29, 1.82) is 0 Å². The summed E-state index contributed by atoms with van der Waals surface area (Å²) in [6.45, 7) is 1.76. The first-order valence-electron chi connectivity index (χ1n) is 13.7. The molecule has 0 aliphatic carbocycles. The molecule has 0 saturated carbocycles. The molecule has 1 fully saturated rings. The van der Waals surface area contributed by atoms with Crippen molar-refractivity contribution in [3.05, 3.63) is 99.9 Å². The molecular formula is C31H33N5O5. The lowest BCUT2D eigenvalue weighted by Gasteiger charge is -2.34. The Morgan fingerprint density at radius 3 is 2.63 bits per heavy atom. The number of benzene rings is 3. The van der Waals surface area contributed by atoms with Crippen LogP contribution in [-0.2, 0) is 16.0 Å². The first-order chi connectivity index (χ1) is 20.1. The van der Waals surface area contributed by atoms with Crippen LogP contribution in [0.15, 0.2) is 82.9 Å². The molecule has 212 valence electrons. The van der Waals surface area contributed by atoms with Crippen LogP contribution in [0.3, 0.4) is 0 Å². The quantitative estimate of drug-likeness (QED) is 0.144. The molecule has 2 aliphatic rings. The lowest BCUT2D eigenvalue weighted by Crippen LogP contribution is -2.51. The second kappa shape index (κ2) is 12.8. The van der Waals surface area contributed by atoms with Crippen molar-refractivity contribution in [3.8, 4) is 11.5 Å². The maximum atomic E-state index is 14.5. The highest BCUT2D eigenvalue weighted by atomic mass is 16.5. The van der Waals surface area contributed by atoms with E-state index in [1.807, 2.05) is 65.6 Å². The summed E-state index contributed by atoms with van der Waals surface area (Å²) in [7, 11) is 1.60. The highest BCUT2D eigenvalue weighted by molar-refractivity contribution is 6.01. The van der Waals surface area contributed by atoms with Gasteiger partial charge in [0.15, 0.2) is 11.6 Å². The second-order valence-corrected chi connectivity index (χ2v) is 10.1. The van der Waals surface area contributed by atoms with Gasteiger partial charge in [0.05, 0.1) is 13.7 Å². The fourth-order valence-electron chi connectivity index (χ4n) is 5.36. The Bertz CT molecular complexity index is 1450. The number of carbonyl (C=O) groups is 1. The number of carbonyl (C=O) groups excluding carboxylic acids is 1. The van der Waals surface area contributed by atoms with E-state index in [2.05, 4.69) is 10.0 Å². The first-order valence-corrected chi connectivity index (χ1v) is 13.7. The Balaban J connectivity index is 1.63. The van der Waals surface area contributed by atoms with Crippen molar-refractivity contribution in [3.63, 3.8) is 0 Å². The predicted octanol–water partition coefficient (Wildman–Crippen LogP) is 5.52. The zero-order valence-electron chi connectivity index (χ0n) is 23.0. The summed E-state index contributed by atoms with van der Waals surface area (Å²) in [6, 6.07) is 22.1. The van der Waals surface area contributed by atoms with Gasteiger partial charge < -0.3 is 24.2 Å². The Hall–Kier alpha value is -4.53. The number of hydrogen-bond donors (Lipinski definition) is 1. The number of nitrogens with zero attached hydrogens (tertiary/aromatic N) is 5. The molecule has 41 heavy (non-hydrogen) atoms. The SMILES string of the molecule is COc1cccc([C@H]2OC(c3ccc(OCCCO)cc3)=N[C@@]2(Cc2ccccc2N=[N+]=[N-])C(=O)N2CCCC2)c1. The van der Waals surface area contributed by atoms with Crippen molar-refractivity contribution in [1.82, 2.24) is 4.90 Å². The van der Waals surface area contributed by atoms with E-state index >= 15 is 0 Å². The minimum atomic E-state index is -1.36. The lowest BCUT2D eigenvalue weighted by atomic mass is 9.81. The minimum Gasteiger partial charge on any atom is -0.497 e. The summed E-state index contributed by atoms with van der Waals surface area (Å²) >= 11 is 0. The number of likely N-dealkylation sites (tertiary alicyclic amines) is 1. The molecule has 10 nitrogen and oxygen atoms in total. The zero-order valence-corrected chi connectivity index (χ0v) is 23.0. The average Bonchev–Trinajstić information content (AvgIpc) is 3.68. The summed E-state index contributed by atoms with van der Waals surface area (Å²) < 4.78 is 17.8. The Morgan fingerprint density at radius 2 is 1.90 bits per heavy atom. The third kappa shape index (κ3) is 5.99. The van der Waals surface area contributed by atoms with Crippen molar-refractivity contribution in [2.75, 3.05) is 33.4 Å². The van der Waals surface area contributed by atoms with Crippen LogP contribution in [-0.4, -0.2) is 60.8 Å². The van der Waals surface area contributed by atoms with Crippen LogP contribution in [0.2, 0.25) is 0 Å². The number of aliphatic hydroxyl groups is 1. The van der Waals surface area contributed by atoms with Gasteiger partial charge in [0, 0.05) is 48.7 Å². The van der Waals surface area contributed by atoms with Gasteiger partial charge in [0.1, 0.15) is 11.5 Å². The molecule has 5 rings (SSSR count). The molecule has 10 heteroatoms. The molecule has 2 atom stereocenters. The number of ether oxygens (including phenoxy) is 3. The third-order valence-electron chi connectivity index (χ3n) is 7.40. The van der Waals surface area contributed by atoms with Crippen molar-refractivity contribution in [2.45, 2.75) is 37.3 Å². The molecule has 2 aliphatic heterocycles. The molecule has 1 N–H and O–H groups in total. The van der Waals surface area contributed by atoms with E-state index < -0.39 is 11.6 Å². The van der Waals surface area contributed by atoms with E-state index in [1.54, 1.807) is 19.2 Å². The molecule has 0 bridgehead atoms. The van der Waals surface area contributed by atoms with Crippen molar-refractivity contribution < 1.29 is 24.1 Å². The monoisotopic (exact) mass is 555 g/mol. The maximum absolute atomic E-state index is 14.5. The number of amides is 1. The summed E-state index contributed by atoms with van der Waals surface area (Å²) in [5, 5.41) is 12.9. The molecule has 1 saturated heterocycles. The zero-order chi connectivity index (χ0) is 28.7. The standard InChI is InChI=1S/C31H33N5O5/c1-39-26-10-6-9-23(20-26)28-31(30(38)36-16-4-5-17-36,21-24-8-2-3-11-27(24)34-35-32)33-29(41-28)22-12-14-25(15-13-22)40-19-7-18-37/h2-3,6,8-15,20,28,37H,4-5,7,16-19,21H2,1H3/t28-,31-/m1/s1. The summed E-state index contributed by atoms with van der Waals surface area (Å²) in [5.41, 5.74) is 10.5. The van der Waals surface area contributed by atoms with Gasteiger partial charge in [-0.2, -0.15) is 0 Å². The molecule has 0 aromatic heterocycles. The van der Waals surface area contributed by atoms with Gasteiger partial charge in [0.25, 0.3) is 5.91 Å². The molecule has 1 amide bonds. The molecule has 0 unspecified atom stereocenters. The van der Waals surface area contributed by atoms with E-state index in [9.17, 15) is 10.3 Å². The summed E-state index contributed by atoms with van der Waals surface area (Å²) in [6.07, 6.45) is 1.80. The highest BCUT2D eigenvalue weighted by Gasteiger charge is 2.55. The molecular weight excluding hydrogens is 522 g/mol. The van der Waals surface area contributed by atoms with E-state index in [4.69, 9.17) is 24.3 Å². The molecule has 3 aromatic carbocycles. The maximum Gasteiger partial charge on any atom is 0.255 e. The molecule has 3 aromatic rings. The lowest BCUT2D eigenvalue weighted by molar-refractivity contribution is -0.138. The molecule has 0 radical (unpaired) electrons. The van der Waals surface area contributed by atoms with Gasteiger partial charge in [-0.25, -0.2) is 4.99 Å². The van der Waals surface area contributed by atoms with E-state index in [0.717, 1.165) is 18.4 Å². The fourth-order valence-corrected chi connectivity index (χ4v) is 5.36. The average molecular weight is 556 g/mol. The Morgan fingerprint density at radius 1 is 1.12 bits per heavy atom. The minimum absolute atomic E-state index is 0.0598. The number of hydrogen-bond acceptors (Lipinski definition) is 7. The van der Waals surface area contributed by atoms with Crippen LogP contribution in [0.5, 0.6) is 11.5 Å². The largest absolute Gasteiger partial charge is 0.497 e. The number of aliphatic imine (C=N–C) groups is 1. The number of rotatable bonds is 11. The van der Waals surface area contributed by atoms with Crippen LogP contribution in [0.4, 0.5) is 5.69 Å². The summed E-state index contributed by atoms with van der Waals surface area (Å²) in [5.74, 6) is 1.51. The van der Waals surface area contributed by atoms with Gasteiger partial charge in [-0.3, -0.25) is 4.79 Å². The predicted molar refractivity (Wildman–Crippen MR) is 154 cm³/mol. The first kappa shape index (κ1) is 28.0. The normalized spacial score (nSPS) is 19.7. The number of azide groups is 1. The van der Waals surface area contributed by atoms with Gasteiger partial charge in [-0.05, 0) is 65.9 Å².